The normalized spacial score (nSPS) is 10.6. The summed E-state index contributed by atoms with van der Waals surface area (Å²) in [7, 11) is 1.74. The fourth-order valence-corrected chi connectivity index (χ4v) is 2.58. The molecule has 0 aliphatic carbocycles. The molecule has 0 radical (unpaired) electrons. The third-order valence-electron chi connectivity index (χ3n) is 3.86. The van der Waals surface area contributed by atoms with Crippen molar-refractivity contribution in [1.82, 2.24) is 4.90 Å². The Kier molecular flexibility index (Phi) is 4.75. The maximum atomic E-state index is 13.1. The minimum absolute atomic E-state index is 0.0605. The van der Waals surface area contributed by atoms with Crippen molar-refractivity contribution in [2.75, 3.05) is 20.2 Å². The van der Waals surface area contributed by atoms with Crippen LogP contribution in [0.4, 0.5) is 4.39 Å². The molecule has 3 nitrogen and oxygen atoms in total. The van der Waals surface area contributed by atoms with Crippen molar-refractivity contribution >= 4 is 16.7 Å². The van der Waals surface area contributed by atoms with Crippen LogP contribution < -0.4 is 4.74 Å². The third-order valence-corrected chi connectivity index (χ3v) is 3.86. The van der Waals surface area contributed by atoms with E-state index in [1.165, 1.54) is 12.1 Å². The maximum Gasteiger partial charge on any atom is 0.254 e. The molecular weight excluding hydrogens is 305 g/mol. The zero-order chi connectivity index (χ0) is 16.9. The molecule has 0 saturated carbocycles. The van der Waals surface area contributed by atoms with Gasteiger partial charge in [-0.3, -0.25) is 4.79 Å². The van der Waals surface area contributed by atoms with Crippen molar-refractivity contribution < 1.29 is 13.9 Å². The highest BCUT2D eigenvalue weighted by molar-refractivity contribution is 6.06. The predicted octanol–water partition coefficient (Wildman–Crippen LogP) is 4.13. The Labute approximate surface area is 140 Å². The van der Waals surface area contributed by atoms with Crippen LogP contribution in [0.2, 0.25) is 0 Å². The van der Waals surface area contributed by atoms with Crippen molar-refractivity contribution in [3.63, 3.8) is 0 Å². The van der Waals surface area contributed by atoms with Crippen LogP contribution in [0.25, 0.3) is 10.8 Å². The van der Waals surface area contributed by atoms with Gasteiger partial charge in [-0.1, -0.05) is 42.5 Å². The van der Waals surface area contributed by atoms with Gasteiger partial charge in [0.05, 0.1) is 6.54 Å². The molecule has 0 atom stereocenters. The zero-order valence-corrected chi connectivity index (χ0v) is 13.4. The van der Waals surface area contributed by atoms with E-state index in [1.807, 2.05) is 42.5 Å². The Morgan fingerprint density at radius 2 is 1.79 bits per heavy atom. The summed E-state index contributed by atoms with van der Waals surface area (Å²) >= 11 is 0. The van der Waals surface area contributed by atoms with Crippen molar-refractivity contribution in [2.45, 2.75) is 0 Å². The molecule has 1 amide bonds. The lowest BCUT2D eigenvalue weighted by atomic mass is 10.0. The van der Waals surface area contributed by atoms with E-state index in [1.54, 1.807) is 24.1 Å². The SMILES string of the molecule is CN(CCOc1cccc(F)c1)C(=O)c1cccc2ccccc12. The van der Waals surface area contributed by atoms with Gasteiger partial charge in [0.15, 0.2) is 0 Å². The van der Waals surface area contributed by atoms with Crippen LogP contribution in [0.3, 0.4) is 0 Å². The smallest absolute Gasteiger partial charge is 0.254 e. The van der Waals surface area contributed by atoms with E-state index in [-0.39, 0.29) is 11.7 Å². The molecule has 24 heavy (non-hydrogen) atoms. The van der Waals surface area contributed by atoms with Gasteiger partial charge in [0.25, 0.3) is 5.91 Å². The van der Waals surface area contributed by atoms with Crippen LogP contribution in [0.15, 0.2) is 66.7 Å². The number of fused-ring (bicyclic) bond motifs is 1. The quantitative estimate of drug-likeness (QED) is 0.706. The number of nitrogens with zero attached hydrogens (tertiary/aromatic N) is 1. The number of rotatable bonds is 5. The van der Waals surface area contributed by atoms with Gasteiger partial charge >= 0.3 is 0 Å². The summed E-state index contributed by atoms with van der Waals surface area (Å²) in [5.41, 5.74) is 0.668. The second-order valence-corrected chi connectivity index (χ2v) is 5.56. The summed E-state index contributed by atoms with van der Waals surface area (Å²) in [6.45, 7) is 0.717. The first kappa shape index (κ1) is 16.0. The molecule has 0 aliphatic rings. The second-order valence-electron chi connectivity index (χ2n) is 5.56. The van der Waals surface area contributed by atoms with Crippen LogP contribution in [-0.4, -0.2) is 31.0 Å². The lowest BCUT2D eigenvalue weighted by Gasteiger charge is -2.18. The highest BCUT2D eigenvalue weighted by atomic mass is 19.1. The topological polar surface area (TPSA) is 29.5 Å². The van der Waals surface area contributed by atoms with Gasteiger partial charge in [-0.2, -0.15) is 0 Å². The summed E-state index contributed by atoms with van der Waals surface area (Å²) in [4.78, 5) is 14.3. The van der Waals surface area contributed by atoms with Gasteiger partial charge in [-0.25, -0.2) is 4.39 Å². The minimum Gasteiger partial charge on any atom is -0.492 e. The Morgan fingerprint density at radius 3 is 2.62 bits per heavy atom. The highest BCUT2D eigenvalue weighted by Gasteiger charge is 2.14. The number of hydrogen-bond acceptors (Lipinski definition) is 2. The van der Waals surface area contributed by atoms with Crippen LogP contribution in [0.1, 0.15) is 10.4 Å². The summed E-state index contributed by atoms with van der Waals surface area (Å²) in [6.07, 6.45) is 0. The van der Waals surface area contributed by atoms with Crippen LogP contribution in [0, 0.1) is 5.82 Å². The standard InChI is InChI=1S/C20H18FNO2/c1-22(12-13-24-17-9-5-8-16(21)14-17)20(23)19-11-4-7-15-6-2-3-10-18(15)19/h2-11,14H,12-13H2,1H3. The number of benzene rings is 3. The second kappa shape index (κ2) is 7.13. The summed E-state index contributed by atoms with van der Waals surface area (Å²) in [5, 5.41) is 1.97. The Bertz CT molecular complexity index is 858. The van der Waals surface area contributed by atoms with Gasteiger partial charge in [-0.15, -0.1) is 0 Å². The summed E-state index contributed by atoms with van der Waals surface area (Å²) in [6, 6.07) is 19.5. The molecule has 4 heteroatoms. The number of likely N-dealkylation sites (N-methyl/N-ethyl adjacent to an activating group) is 1. The monoisotopic (exact) mass is 323 g/mol. The molecule has 0 fully saturated rings. The molecule has 0 saturated heterocycles. The number of carbonyl (C=O) groups is 1. The molecule has 0 spiro atoms. The van der Waals surface area contributed by atoms with E-state index in [2.05, 4.69) is 0 Å². The molecule has 3 aromatic rings. The number of ether oxygens (including phenoxy) is 1. The zero-order valence-electron chi connectivity index (χ0n) is 13.4. The predicted molar refractivity (Wildman–Crippen MR) is 92.8 cm³/mol. The fourth-order valence-electron chi connectivity index (χ4n) is 2.58. The lowest BCUT2D eigenvalue weighted by Crippen LogP contribution is -2.31. The average molecular weight is 323 g/mol. The molecular formula is C20H18FNO2. The average Bonchev–Trinajstić information content (AvgIpc) is 2.60. The molecule has 3 rings (SSSR count). The number of hydrogen-bond donors (Lipinski definition) is 0. The van der Waals surface area contributed by atoms with Crippen LogP contribution in [0.5, 0.6) is 5.75 Å². The van der Waals surface area contributed by atoms with Crippen molar-refractivity contribution in [1.29, 1.82) is 0 Å². The fraction of sp³-hybridized carbons (Fsp3) is 0.150. The molecule has 0 heterocycles. The van der Waals surface area contributed by atoms with E-state index >= 15 is 0 Å². The molecule has 0 N–H and O–H groups in total. The van der Waals surface area contributed by atoms with Crippen LogP contribution in [-0.2, 0) is 0 Å². The molecule has 3 aromatic carbocycles. The third kappa shape index (κ3) is 3.54. The molecule has 0 aromatic heterocycles. The Hall–Kier alpha value is -2.88. The Morgan fingerprint density at radius 1 is 1.04 bits per heavy atom. The minimum atomic E-state index is -0.340. The van der Waals surface area contributed by atoms with E-state index in [9.17, 15) is 9.18 Å². The summed E-state index contributed by atoms with van der Waals surface area (Å²) in [5.74, 6) is 0.0586. The highest BCUT2D eigenvalue weighted by Crippen LogP contribution is 2.19. The first-order valence-corrected chi connectivity index (χ1v) is 7.77. The van der Waals surface area contributed by atoms with Gasteiger partial charge in [0.1, 0.15) is 18.2 Å². The van der Waals surface area contributed by atoms with Gasteiger partial charge in [-0.05, 0) is 29.0 Å². The van der Waals surface area contributed by atoms with Crippen molar-refractivity contribution in [2.24, 2.45) is 0 Å². The number of carbonyl (C=O) groups excluding carboxylic acids is 1. The van der Waals surface area contributed by atoms with Crippen LogP contribution >= 0.6 is 0 Å². The maximum absolute atomic E-state index is 13.1. The van der Waals surface area contributed by atoms with Gasteiger partial charge < -0.3 is 9.64 Å². The largest absolute Gasteiger partial charge is 0.492 e. The Balaban J connectivity index is 1.66. The molecule has 0 aliphatic heterocycles. The van der Waals surface area contributed by atoms with E-state index in [0.29, 0.717) is 24.5 Å². The molecule has 0 bridgehead atoms. The van der Waals surface area contributed by atoms with Gasteiger partial charge in [0, 0.05) is 18.7 Å². The van der Waals surface area contributed by atoms with Crippen molar-refractivity contribution in [3.8, 4) is 5.75 Å². The lowest BCUT2D eigenvalue weighted by molar-refractivity contribution is 0.0775. The molecule has 0 unspecified atom stereocenters. The van der Waals surface area contributed by atoms with Crippen molar-refractivity contribution in [3.05, 3.63) is 78.1 Å². The number of amides is 1. The molecule has 122 valence electrons. The van der Waals surface area contributed by atoms with E-state index in [0.717, 1.165) is 10.8 Å². The van der Waals surface area contributed by atoms with Gasteiger partial charge in [0.2, 0.25) is 0 Å². The summed E-state index contributed by atoms with van der Waals surface area (Å²) < 4.78 is 18.6. The van der Waals surface area contributed by atoms with E-state index in [4.69, 9.17) is 4.74 Å². The first-order chi connectivity index (χ1) is 11.6. The van der Waals surface area contributed by atoms with E-state index < -0.39 is 0 Å². The number of halogens is 1. The first-order valence-electron chi connectivity index (χ1n) is 7.77.